The minimum absolute atomic E-state index is 0.449. The molecular weight excluding hydrogens is 320 g/mol. The summed E-state index contributed by atoms with van der Waals surface area (Å²) in [6.07, 6.45) is 2.46. The van der Waals surface area contributed by atoms with Crippen LogP contribution >= 0.6 is 15.9 Å². The number of anilines is 1. The molecule has 3 rings (SSSR count). The molecule has 1 fully saturated rings. The van der Waals surface area contributed by atoms with Crippen molar-refractivity contribution < 1.29 is 9.47 Å². The average molecular weight is 335 g/mol. The molecule has 0 bridgehead atoms. The Hall–Kier alpha value is -1.75. The molecule has 1 heterocycles. The summed E-state index contributed by atoms with van der Waals surface area (Å²) in [5.74, 6) is 2.29. The Morgan fingerprint density at radius 2 is 2.10 bits per heavy atom. The van der Waals surface area contributed by atoms with Crippen molar-refractivity contribution >= 4 is 21.6 Å². The molecule has 0 aliphatic heterocycles. The van der Waals surface area contributed by atoms with Crippen molar-refractivity contribution in [2.45, 2.75) is 12.8 Å². The summed E-state index contributed by atoms with van der Waals surface area (Å²) in [6, 6.07) is 11.1. The highest BCUT2D eigenvalue weighted by molar-refractivity contribution is 9.10. The molecule has 4 nitrogen and oxygen atoms in total. The first-order valence-corrected chi connectivity index (χ1v) is 7.33. The highest BCUT2D eigenvalue weighted by Crippen LogP contribution is 2.31. The van der Waals surface area contributed by atoms with Crippen LogP contribution in [0.3, 0.4) is 0 Å². The minimum atomic E-state index is 0.449. The van der Waals surface area contributed by atoms with Crippen molar-refractivity contribution in [2.24, 2.45) is 5.92 Å². The van der Waals surface area contributed by atoms with Gasteiger partial charge in [-0.3, -0.25) is 0 Å². The zero-order valence-electron chi connectivity index (χ0n) is 10.9. The third-order valence-electron chi connectivity index (χ3n) is 3.04. The maximum atomic E-state index is 5.86. The standard InChI is InChI=1S/C15H15BrN2O2/c16-11-2-1-3-12(8-11)20-14-7-6-13(17)15(18-14)19-9-10-4-5-10/h1-3,6-8,10H,4-5,9,17H2. The highest BCUT2D eigenvalue weighted by atomic mass is 79.9. The van der Waals surface area contributed by atoms with E-state index in [-0.39, 0.29) is 0 Å². The first-order valence-electron chi connectivity index (χ1n) is 6.53. The van der Waals surface area contributed by atoms with E-state index in [9.17, 15) is 0 Å². The van der Waals surface area contributed by atoms with Gasteiger partial charge in [0.2, 0.25) is 11.8 Å². The van der Waals surface area contributed by atoms with Crippen molar-refractivity contribution in [1.29, 1.82) is 0 Å². The summed E-state index contributed by atoms with van der Waals surface area (Å²) < 4.78 is 12.3. The van der Waals surface area contributed by atoms with Crippen LogP contribution in [0.1, 0.15) is 12.8 Å². The Labute approximate surface area is 126 Å². The number of hydrogen-bond donors (Lipinski definition) is 1. The van der Waals surface area contributed by atoms with Crippen LogP contribution in [0, 0.1) is 5.92 Å². The first-order chi connectivity index (χ1) is 9.70. The monoisotopic (exact) mass is 334 g/mol. The van der Waals surface area contributed by atoms with Gasteiger partial charge in [-0.15, -0.1) is 0 Å². The SMILES string of the molecule is Nc1ccc(Oc2cccc(Br)c2)nc1OCC1CC1. The number of nitrogen functional groups attached to an aromatic ring is 1. The van der Waals surface area contributed by atoms with E-state index in [1.165, 1.54) is 12.8 Å². The van der Waals surface area contributed by atoms with Crippen LogP contribution in [0.15, 0.2) is 40.9 Å². The van der Waals surface area contributed by atoms with Crippen LogP contribution in [-0.2, 0) is 0 Å². The Morgan fingerprint density at radius 3 is 2.85 bits per heavy atom. The van der Waals surface area contributed by atoms with E-state index in [1.807, 2.05) is 24.3 Å². The van der Waals surface area contributed by atoms with Gasteiger partial charge in [-0.05, 0) is 43.0 Å². The zero-order valence-corrected chi connectivity index (χ0v) is 12.5. The molecule has 0 spiro atoms. The van der Waals surface area contributed by atoms with Gasteiger partial charge < -0.3 is 15.2 Å². The first kappa shape index (κ1) is 13.2. The molecule has 1 aromatic heterocycles. The van der Waals surface area contributed by atoms with E-state index in [0.717, 1.165) is 4.47 Å². The third kappa shape index (κ3) is 3.42. The van der Waals surface area contributed by atoms with Crippen LogP contribution in [-0.4, -0.2) is 11.6 Å². The molecular formula is C15H15BrN2O2. The summed E-state index contributed by atoms with van der Waals surface area (Å²) in [5.41, 5.74) is 6.40. The fourth-order valence-corrected chi connectivity index (χ4v) is 2.12. The summed E-state index contributed by atoms with van der Waals surface area (Å²) in [5, 5.41) is 0. The molecule has 5 heteroatoms. The highest BCUT2D eigenvalue weighted by Gasteiger charge is 2.22. The molecule has 1 aliphatic rings. The second-order valence-corrected chi connectivity index (χ2v) is 5.77. The number of ether oxygens (including phenoxy) is 2. The van der Waals surface area contributed by atoms with Crippen molar-refractivity contribution in [3.05, 3.63) is 40.9 Å². The molecule has 0 atom stereocenters. The summed E-state index contributed by atoms with van der Waals surface area (Å²) >= 11 is 3.40. The zero-order chi connectivity index (χ0) is 13.9. The van der Waals surface area contributed by atoms with E-state index in [1.54, 1.807) is 12.1 Å². The number of rotatable bonds is 5. The lowest BCUT2D eigenvalue weighted by molar-refractivity contribution is 0.286. The van der Waals surface area contributed by atoms with Crippen LogP contribution in [0.25, 0.3) is 0 Å². The molecule has 20 heavy (non-hydrogen) atoms. The van der Waals surface area contributed by atoms with Crippen molar-refractivity contribution in [1.82, 2.24) is 4.98 Å². The molecule has 2 N–H and O–H groups in total. The number of nitrogens with two attached hydrogens (primary N) is 1. The number of hydrogen-bond acceptors (Lipinski definition) is 4. The molecule has 1 aliphatic carbocycles. The predicted octanol–water partition coefficient (Wildman–Crippen LogP) is 4.01. The van der Waals surface area contributed by atoms with Gasteiger partial charge in [0.25, 0.3) is 0 Å². The van der Waals surface area contributed by atoms with Gasteiger partial charge in [0.1, 0.15) is 5.75 Å². The normalized spacial score (nSPS) is 14.1. The maximum absolute atomic E-state index is 5.86. The Balaban J connectivity index is 1.73. The van der Waals surface area contributed by atoms with Gasteiger partial charge in [-0.2, -0.15) is 4.98 Å². The average Bonchev–Trinajstić information content (AvgIpc) is 3.23. The van der Waals surface area contributed by atoms with Gasteiger partial charge in [-0.25, -0.2) is 0 Å². The maximum Gasteiger partial charge on any atom is 0.240 e. The van der Waals surface area contributed by atoms with Gasteiger partial charge >= 0.3 is 0 Å². The second kappa shape index (κ2) is 5.71. The summed E-state index contributed by atoms with van der Waals surface area (Å²) in [4.78, 5) is 4.31. The van der Waals surface area contributed by atoms with Crippen LogP contribution < -0.4 is 15.2 Å². The fraction of sp³-hybridized carbons (Fsp3) is 0.267. The molecule has 1 aromatic carbocycles. The predicted molar refractivity (Wildman–Crippen MR) is 81.1 cm³/mol. The van der Waals surface area contributed by atoms with E-state index in [2.05, 4.69) is 20.9 Å². The van der Waals surface area contributed by atoms with Crippen molar-refractivity contribution in [3.63, 3.8) is 0 Å². The van der Waals surface area contributed by atoms with E-state index in [0.29, 0.717) is 35.7 Å². The van der Waals surface area contributed by atoms with Crippen LogP contribution in [0.5, 0.6) is 17.5 Å². The fourth-order valence-electron chi connectivity index (χ4n) is 1.74. The van der Waals surface area contributed by atoms with Gasteiger partial charge in [0, 0.05) is 10.5 Å². The van der Waals surface area contributed by atoms with Gasteiger partial charge in [0.05, 0.1) is 12.3 Å². The number of nitrogens with zero attached hydrogens (tertiary/aromatic N) is 1. The van der Waals surface area contributed by atoms with Crippen molar-refractivity contribution in [3.8, 4) is 17.5 Å². The lowest BCUT2D eigenvalue weighted by Crippen LogP contribution is -2.04. The molecule has 0 amide bonds. The quantitative estimate of drug-likeness (QED) is 0.897. The van der Waals surface area contributed by atoms with E-state index in [4.69, 9.17) is 15.2 Å². The topological polar surface area (TPSA) is 57.4 Å². The largest absolute Gasteiger partial charge is 0.476 e. The Kier molecular flexibility index (Phi) is 3.78. The van der Waals surface area contributed by atoms with Gasteiger partial charge in [-0.1, -0.05) is 22.0 Å². The number of halogens is 1. The van der Waals surface area contributed by atoms with E-state index >= 15 is 0 Å². The van der Waals surface area contributed by atoms with Crippen molar-refractivity contribution in [2.75, 3.05) is 12.3 Å². The molecule has 0 saturated heterocycles. The molecule has 0 radical (unpaired) electrons. The lowest BCUT2D eigenvalue weighted by atomic mass is 10.3. The number of aromatic nitrogens is 1. The Bertz CT molecular complexity index is 615. The summed E-state index contributed by atoms with van der Waals surface area (Å²) in [6.45, 7) is 0.678. The number of pyridine rings is 1. The minimum Gasteiger partial charge on any atom is -0.476 e. The summed E-state index contributed by atoms with van der Waals surface area (Å²) in [7, 11) is 0. The van der Waals surface area contributed by atoms with Crippen LogP contribution in [0.4, 0.5) is 5.69 Å². The molecule has 104 valence electrons. The Morgan fingerprint density at radius 1 is 1.25 bits per heavy atom. The molecule has 2 aromatic rings. The third-order valence-corrected chi connectivity index (χ3v) is 3.53. The van der Waals surface area contributed by atoms with E-state index < -0.39 is 0 Å². The van der Waals surface area contributed by atoms with Gasteiger partial charge in [0.15, 0.2) is 0 Å². The molecule has 0 unspecified atom stereocenters. The second-order valence-electron chi connectivity index (χ2n) is 4.86. The smallest absolute Gasteiger partial charge is 0.240 e. The lowest BCUT2D eigenvalue weighted by Gasteiger charge is -2.10. The number of benzene rings is 1. The van der Waals surface area contributed by atoms with Crippen LogP contribution in [0.2, 0.25) is 0 Å². The molecule has 1 saturated carbocycles.